The Morgan fingerprint density at radius 3 is 2.51 bits per heavy atom. The maximum atomic E-state index is 12.9. The number of carboxylic acid groups (broad SMARTS) is 1. The second-order valence-electron chi connectivity index (χ2n) is 10.7. The molecule has 1 aromatic heterocycles. The fourth-order valence-electron chi connectivity index (χ4n) is 5.17. The second kappa shape index (κ2) is 15.7. The SMILES string of the molecule is CCCONC(=O)CCCCCCC(=O)N1CCc2c([nH]c3ccc(OCC(=O)N[C@H](C(=O)O)c4ccccc4)cc23)C1. The van der Waals surface area contributed by atoms with E-state index in [4.69, 9.17) is 9.57 Å². The normalized spacial score (nSPS) is 13.3. The van der Waals surface area contributed by atoms with Crippen molar-refractivity contribution >= 4 is 34.6 Å². The van der Waals surface area contributed by atoms with Crippen LogP contribution in [0.1, 0.15) is 74.7 Å². The predicted octanol–water partition coefficient (Wildman–Crippen LogP) is 4.17. The van der Waals surface area contributed by atoms with Crippen LogP contribution in [0.25, 0.3) is 10.9 Å². The highest BCUT2D eigenvalue weighted by Gasteiger charge is 2.25. The lowest BCUT2D eigenvalue weighted by atomic mass is 10.0. The third-order valence-corrected chi connectivity index (χ3v) is 7.39. The van der Waals surface area contributed by atoms with E-state index in [9.17, 15) is 24.3 Å². The van der Waals surface area contributed by atoms with E-state index in [1.54, 1.807) is 36.4 Å². The van der Waals surface area contributed by atoms with E-state index in [1.807, 2.05) is 24.0 Å². The standard InChI is InChI=1S/C32H40N4O7/c1-2-18-43-35-28(37)12-8-3-4-9-13-30(39)36-17-16-24-25-19-23(14-15-26(25)33-27(24)20-36)42-21-29(38)34-31(32(40)41)22-10-6-5-7-11-22/h5-7,10-11,14-15,19,31,33H,2-4,8-9,12-13,16-18,20-21H2,1H3,(H,34,38)(H,35,37)(H,40,41)/t31-/m0/s1. The number of nitrogens with one attached hydrogen (secondary N) is 3. The van der Waals surface area contributed by atoms with Crippen molar-refractivity contribution in [3.63, 3.8) is 0 Å². The molecule has 4 N–H and O–H groups in total. The van der Waals surface area contributed by atoms with Crippen molar-refractivity contribution in [2.45, 2.75) is 70.9 Å². The molecule has 0 saturated carbocycles. The largest absolute Gasteiger partial charge is 0.484 e. The van der Waals surface area contributed by atoms with Gasteiger partial charge in [0.25, 0.3) is 5.91 Å². The van der Waals surface area contributed by atoms with Crippen molar-refractivity contribution < 1.29 is 33.9 Å². The van der Waals surface area contributed by atoms with Crippen molar-refractivity contribution in [3.8, 4) is 5.75 Å². The van der Waals surface area contributed by atoms with Gasteiger partial charge in [0, 0.05) is 36.0 Å². The maximum absolute atomic E-state index is 12.9. The lowest BCUT2D eigenvalue weighted by Crippen LogP contribution is -2.36. The topological polar surface area (TPSA) is 150 Å². The molecule has 11 nitrogen and oxygen atoms in total. The number of rotatable bonds is 16. The number of benzene rings is 2. The predicted molar refractivity (Wildman–Crippen MR) is 160 cm³/mol. The molecule has 2 aromatic carbocycles. The molecule has 0 fully saturated rings. The Kier molecular flexibility index (Phi) is 11.5. The van der Waals surface area contributed by atoms with E-state index in [1.165, 1.54) is 0 Å². The van der Waals surface area contributed by atoms with Crippen LogP contribution in [0.4, 0.5) is 0 Å². The number of aromatic amines is 1. The monoisotopic (exact) mass is 592 g/mol. The van der Waals surface area contributed by atoms with Crippen LogP contribution in [0.2, 0.25) is 0 Å². The van der Waals surface area contributed by atoms with Gasteiger partial charge in [0.1, 0.15) is 5.75 Å². The van der Waals surface area contributed by atoms with Crippen molar-refractivity contribution in [1.29, 1.82) is 0 Å². The lowest BCUT2D eigenvalue weighted by molar-refractivity contribution is -0.142. The molecular formula is C32H40N4O7. The first-order chi connectivity index (χ1) is 20.9. The Hall–Kier alpha value is -4.38. The number of aromatic nitrogens is 1. The third kappa shape index (κ3) is 9.05. The fraction of sp³-hybridized carbons (Fsp3) is 0.438. The van der Waals surface area contributed by atoms with Gasteiger partial charge in [-0.15, -0.1) is 0 Å². The Morgan fingerprint density at radius 1 is 1.00 bits per heavy atom. The molecule has 11 heteroatoms. The van der Waals surface area contributed by atoms with Crippen LogP contribution in [0.3, 0.4) is 0 Å². The quantitative estimate of drug-likeness (QED) is 0.144. The Labute approximate surface area is 250 Å². The number of hydrogen-bond acceptors (Lipinski definition) is 6. The van der Waals surface area contributed by atoms with Crippen molar-refractivity contribution in [1.82, 2.24) is 20.7 Å². The molecule has 1 atom stereocenters. The van der Waals surface area contributed by atoms with E-state index in [0.29, 0.717) is 50.3 Å². The molecule has 0 saturated heterocycles. The molecule has 0 aliphatic carbocycles. The maximum Gasteiger partial charge on any atom is 0.330 e. The highest BCUT2D eigenvalue weighted by molar-refractivity contribution is 5.88. The van der Waals surface area contributed by atoms with Gasteiger partial charge >= 0.3 is 5.97 Å². The summed E-state index contributed by atoms with van der Waals surface area (Å²) in [6.07, 6.45) is 5.79. The summed E-state index contributed by atoms with van der Waals surface area (Å²) in [5, 5.41) is 13.0. The zero-order valence-electron chi connectivity index (χ0n) is 24.5. The molecule has 1 aliphatic heterocycles. The van der Waals surface area contributed by atoms with Crippen LogP contribution < -0.4 is 15.5 Å². The average molecular weight is 593 g/mol. The summed E-state index contributed by atoms with van der Waals surface area (Å²) in [5.74, 6) is -1.17. The minimum Gasteiger partial charge on any atom is -0.484 e. The van der Waals surface area contributed by atoms with Gasteiger partial charge in [-0.05, 0) is 55.0 Å². The summed E-state index contributed by atoms with van der Waals surface area (Å²) in [6.45, 7) is 3.30. The number of H-pyrrole nitrogens is 1. The second-order valence-corrected chi connectivity index (χ2v) is 10.7. The number of aliphatic carboxylic acids is 1. The molecule has 0 bridgehead atoms. The Morgan fingerprint density at radius 2 is 1.77 bits per heavy atom. The average Bonchev–Trinajstić information content (AvgIpc) is 3.38. The van der Waals surface area contributed by atoms with Gasteiger partial charge in [0.15, 0.2) is 12.6 Å². The van der Waals surface area contributed by atoms with E-state index >= 15 is 0 Å². The molecule has 43 heavy (non-hydrogen) atoms. The number of amides is 3. The van der Waals surface area contributed by atoms with Gasteiger partial charge < -0.3 is 25.0 Å². The molecular weight excluding hydrogens is 552 g/mol. The van der Waals surface area contributed by atoms with Crippen LogP contribution in [0.5, 0.6) is 5.75 Å². The summed E-state index contributed by atoms with van der Waals surface area (Å²) in [4.78, 5) is 59.0. The number of ether oxygens (including phenoxy) is 1. The molecule has 1 aliphatic rings. The number of hydrogen-bond donors (Lipinski definition) is 4. The number of carboxylic acids is 1. The smallest absolute Gasteiger partial charge is 0.330 e. The van der Waals surface area contributed by atoms with Crippen LogP contribution in [-0.4, -0.2) is 58.4 Å². The zero-order chi connectivity index (χ0) is 30.6. The minimum atomic E-state index is -1.16. The molecule has 2 heterocycles. The molecule has 0 spiro atoms. The minimum absolute atomic E-state index is 0.108. The first kappa shape index (κ1) is 31.6. The van der Waals surface area contributed by atoms with E-state index in [2.05, 4.69) is 15.8 Å². The van der Waals surface area contributed by atoms with Crippen LogP contribution in [-0.2, 0) is 37.0 Å². The van der Waals surface area contributed by atoms with Crippen LogP contribution in [0.15, 0.2) is 48.5 Å². The highest BCUT2D eigenvalue weighted by atomic mass is 16.6. The third-order valence-electron chi connectivity index (χ3n) is 7.39. The number of carbonyl (C=O) groups is 4. The first-order valence-electron chi connectivity index (χ1n) is 14.9. The van der Waals surface area contributed by atoms with E-state index in [0.717, 1.165) is 54.3 Å². The van der Waals surface area contributed by atoms with Crippen LogP contribution in [0, 0.1) is 0 Å². The summed E-state index contributed by atoms with van der Waals surface area (Å²) in [7, 11) is 0. The van der Waals surface area contributed by atoms with Crippen molar-refractivity contribution in [2.24, 2.45) is 0 Å². The van der Waals surface area contributed by atoms with Gasteiger partial charge in [-0.1, -0.05) is 50.1 Å². The van der Waals surface area contributed by atoms with E-state index < -0.39 is 17.9 Å². The summed E-state index contributed by atoms with van der Waals surface area (Å²) in [6, 6.07) is 12.9. The lowest BCUT2D eigenvalue weighted by Gasteiger charge is -2.27. The van der Waals surface area contributed by atoms with Gasteiger partial charge in [-0.3, -0.25) is 19.2 Å². The number of hydroxylamine groups is 1. The summed E-state index contributed by atoms with van der Waals surface area (Å²) >= 11 is 0. The van der Waals surface area contributed by atoms with Gasteiger partial charge in [0.05, 0.1) is 13.2 Å². The fourth-order valence-corrected chi connectivity index (χ4v) is 5.17. The molecule has 3 amide bonds. The molecule has 4 rings (SSSR count). The summed E-state index contributed by atoms with van der Waals surface area (Å²) < 4.78 is 5.71. The number of nitrogens with zero attached hydrogens (tertiary/aromatic N) is 1. The Balaban J connectivity index is 1.23. The van der Waals surface area contributed by atoms with Crippen LogP contribution >= 0.6 is 0 Å². The van der Waals surface area contributed by atoms with E-state index in [-0.39, 0.29) is 18.4 Å². The molecule has 0 radical (unpaired) electrons. The number of carbonyl (C=O) groups excluding carboxylic acids is 3. The number of unbranched alkanes of at least 4 members (excludes halogenated alkanes) is 3. The number of fused-ring (bicyclic) bond motifs is 3. The van der Waals surface area contributed by atoms with Gasteiger partial charge in [-0.25, -0.2) is 10.3 Å². The molecule has 3 aromatic rings. The van der Waals surface area contributed by atoms with Gasteiger partial charge in [0.2, 0.25) is 11.8 Å². The van der Waals surface area contributed by atoms with Crippen molar-refractivity contribution in [2.75, 3.05) is 19.8 Å². The highest BCUT2D eigenvalue weighted by Crippen LogP contribution is 2.31. The summed E-state index contributed by atoms with van der Waals surface area (Å²) in [5.41, 5.74) is 5.97. The molecule has 0 unspecified atom stereocenters. The Bertz CT molecular complexity index is 1410. The first-order valence-corrected chi connectivity index (χ1v) is 14.9. The zero-order valence-corrected chi connectivity index (χ0v) is 24.5. The van der Waals surface area contributed by atoms with Crippen molar-refractivity contribution in [3.05, 3.63) is 65.4 Å². The molecule has 230 valence electrons. The van der Waals surface area contributed by atoms with Gasteiger partial charge in [-0.2, -0.15) is 0 Å².